The van der Waals surface area contributed by atoms with Crippen LogP contribution in [-0.4, -0.2) is 80.0 Å². The van der Waals surface area contributed by atoms with Crippen LogP contribution < -0.4 is 24.3 Å². The smallest absolute Gasteiger partial charge is 0.417 e. The first-order valence-electron chi connectivity index (χ1n) is 22.6. The minimum Gasteiger partial charge on any atom is -0.497 e. The molecule has 340 valence electrons. The SMILES string of the molecule is C=CCO[C@@]12Oc3ccc(OC(=O)Nc4ccc(OC)cc4OC)cc3[C@H]3[C@H](CCCCO)[C@@H](CCCCO)C=C(C(=NOC4CCCCO4)C[C@@H]1Sc1ccc4ccccc4c1)[C@H]32. The van der Waals surface area contributed by atoms with Crippen molar-refractivity contribution >= 4 is 40.0 Å². The molecule has 2 fully saturated rings. The van der Waals surface area contributed by atoms with Crippen molar-refractivity contribution in [3.63, 3.8) is 0 Å². The van der Waals surface area contributed by atoms with E-state index in [1.807, 2.05) is 18.2 Å². The highest BCUT2D eigenvalue weighted by atomic mass is 32.2. The van der Waals surface area contributed by atoms with E-state index in [4.69, 9.17) is 38.4 Å². The Hall–Kier alpha value is -5.05. The summed E-state index contributed by atoms with van der Waals surface area (Å²) in [7, 11) is 3.09. The van der Waals surface area contributed by atoms with Crippen molar-refractivity contribution < 1.29 is 48.3 Å². The fourth-order valence-corrected chi connectivity index (χ4v) is 11.3. The van der Waals surface area contributed by atoms with Crippen LogP contribution in [0.3, 0.4) is 0 Å². The lowest BCUT2D eigenvalue weighted by Crippen LogP contribution is -2.64. The molecular formula is C51H60N2O10S. The van der Waals surface area contributed by atoms with Gasteiger partial charge in [0.05, 0.1) is 50.0 Å². The number of thioether (sulfide) groups is 1. The predicted octanol–water partition coefficient (Wildman–Crippen LogP) is 10.4. The standard InChI is InChI=1S/C51H60N2O10S/c1-4-26-60-51-46(64-38-21-18-33-13-5-6-14-34(33)28-38)32-43(53-63-47-17-9-12-27-59-47)40-29-35(15-7-10-24-54)39(16-8-11-25-55)48(49(40)51)41-30-37(20-23-44(41)62-51)61-50(56)52-42-22-19-36(57-2)31-45(42)58-3/h4-6,13-14,18-23,28-31,35,39,46-49,54-55H,1,7-12,15-17,24-27,32H2,2-3H3,(H,52,56)/t35-,39+,46-,47?,48+,49+,51+/m0/s1. The monoisotopic (exact) mass is 892 g/mol. The molecule has 8 rings (SSSR count). The van der Waals surface area contributed by atoms with Gasteiger partial charge in [0.25, 0.3) is 0 Å². The highest BCUT2D eigenvalue weighted by Crippen LogP contribution is 2.63. The first kappa shape index (κ1) is 45.5. The number of unbranched alkanes of at least 4 members (excludes halogenated alkanes) is 2. The van der Waals surface area contributed by atoms with Crippen molar-refractivity contribution in [3.05, 3.63) is 109 Å². The van der Waals surface area contributed by atoms with Crippen LogP contribution in [0.4, 0.5) is 10.5 Å². The fourth-order valence-electron chi connectivity index (χ4n) is 9.95. The Balaban J connectivity index is 1.25. The summed E-state index contributed by atoms with van der Waals surface area (Å²) in [5.74, 6) is 0.394. The topological polar surface area (TPSA) is 147 Å². The summed E-state index contributed by atoms with van der Waals surface area (Å²) in [5, 5.41) is 29.7. The minimum absolute atomic E-state index is 0.0641. The van der Waals surface area contributed by atoms with Crippen LogP contribution in [0, 0.1) is 17.8 Å². The van der Waals surface area contributed by atoms with Gasteiger partial charge in [-0.05, 0) is 109 Å². The van der Waals surface area contributed by atoms with Crippen molar-refractivity contribution in [1.82, 2.24) is 0 Å². The van der Waals surface area contributed by atoms with Crippen LogP contribution in [-0.2, 0) is 14.3 Å². The summed E-state index contributed by atoms with van der Waals surface area (Å²) in [6.45, 7) is 5.15. The molecule has 0 aromatic heterocycles. The van der Waals surface area contributed by atoms with Gasteiger partial charge in [0.1, 0.15) is 23.0 Å². The molecule has 0 spiro atoms. The number of amides is 1. The van der Waals surface area contributed by atoms with Gasteiger partial charge in [-0.3, -0.25) is 5.32 Å². The lowest BCUT2D eigenvalue weighted by Gasteiger charge is -2.58. The molecule has 4 aliphatic rings. The Morgan fingerprint density at radius 3 is 2.52 bits per heavy atom. The third-order valence-electron chi connectivity index (χ3n) is 12.9. The van der Waals surface area contributed by atoms with Gasteiger partial charge in [-0.15, -0.1) is 18.3 Å². The van der Waals surface area contributed by atoms with E-state index in [1.165, 1.54) is 7.11 Å². The number of nitrogens with zero attached hydrogens (tertiary/aromatic N) is 1. The third kappa shape index (κ3) is 9.94. The maximum absolute atomic E-state index is 13.6. The number of carbonyl (C=O) groups is 1. The number of benzene rings is 4. The molecule has 0 bridgehead atoms. The summed E-state index contributed by atoms with van der Waals surface area (Å²) in [5.41, 5.74) is 3.16. The molecule has 4 aromatic carbocycles. The maximum Gasteiger partial charge on any atom is 0.417 e. The van der Waals surface area contributed by atoms with Crippen LogP contribution in [0.25, 0.3) is 10.8 Å². The second kappa shape index (κ2) is 21.3. The highest BCUT2D eigenvalue weighted by Gasteiger charge is 2.64. The number of allylic oxidation sites excluding steroid dienone is 1. The molecule has 7 atom stereocenters. The second-order valence-corrected chi connectivity index (χ2v) is 18.1. The molecule has 1 saturated carbocycles. The largest absolute Gasteiger partial charge is 0.497 e. The molecular weight excluding hydrogens is 833 g/mol. The van der Waals surface area contributed by atoms with Gasteiger partial charge >= 0.3 is 6.09 Å². The highest BCUT2D eigenvalue weighted by molar-refractivity contribution is 8.00. The van der Waals surface area contributed by atoms with Gasteiger partial charge in [-0.1, -0.05) is 60.5 Å². The predicted molar refractivity (Wildman–Crippen MR) is 249 cm³/mol. The van der Waals surface area contributed by atoms with Crippen LogP contribution in [0.1, 0.15) is 75.7 Å². The molecule has 2 aliphatic heterocycles. The number of aliphatic hydroxyl groups is 2. The Kier molecular flexibility index (Phi) is 15.1. The number of methoxy groups -OCH3 is 2. The molecule has 1 saturated heterocycles. The van der Waals surface area contributed by atoms with E-state index in [2.05, 4.69) is 54.4 Å². The van der Waals surface area contributed by atoms with Gasteiger partial charge in [0, 0.05) is 48.5 Å². The number of aliphatic hydroxyl groups excluding tert-OH is 2. The van der Waals surface area contributed by atoms with E-state index in [0.29, 0.717) is 54.6 Å². The van der Waals surface area contributed by atoms with Gasteiger partial charge < -0.3 is 43.5 Å². The number of carbonyl (C=O) groups excluding carboxylic acids is 1. The number of hydrogen-bond donors (Lipinski definition) is 3. The molecule has 1 unspecified atom stereocenters. The number of rotatable bonds is 19. The van der Waals surface area contributed by atoms with E-state index in [-0.39, 0.29) is 48.7 Å². The summed E-state index contributed by atoms with van der Waals surface area (Å²) < 4.78 is 37.4. The number of hydrogen-bond acceptors (Lipinski definition) is 12. The van der Waals surface area contributed by atoms with Crippen LogP contribution >= 0.6 is 11.8 Å². The molecule has 13 heteroatoms. The number of oxime groups is 1. The average Bonchev–Trinajstić information content (AvgIpc) is 3.32. The Bertz CT molecular complexity index is 2310. The summed E-state index contributed by atoms with van der Waals surface area (Å²) in [6, 6.07) is 25.6. The Morgan fingerprint density at radius 2 is 1.75 bits per heavy atom. The third-order valence-corrected chi connectivity index (χ3v) is 14.2. The summed E-state index contributed by atoms with van der Waals surface area (Å²) in [4.78, 5) is 20.9. The van der Waals surface area contributed by atoms with Crippen LogP contribution in [0.5, 0.6) is 23.0 Å². The van der Waals surface area contributed by atoms with Gasteiger partial charge in [-0.25, -0.2) is 4.79 Å². The zero-order valence-corrected chi connectivity index (χ0v) is 37.6. The van der Waals surface area contributed by atoms with Crippen molar-refractivity contribution in [2.45, 2.75) is 92.3 Å². The summed E-state index contributed by atoms with van der Waals surface area (Å²) in [6.07, 6.45) is 10.9. The number of nitrogens with one attached hydrogen (secondary N) is 1. The molecule has 64 heavy (non-hydrogen) atoms. The van der Waals surface area contributed by atoms with E-state index < -0.39 is 18.2 Å². The molecule has 1 amide bonds. The van der Waals surface area contributed by atoms with Crippen LogP contribution in [0.15, 0.2) is 113 Å². The lowest BCUT2D eigenvalue weighted by atomic mass is 9.56. The number of anilines is 1. The van der Waals surface area contributed by atoms with Crippen molar-refractivity contribution in [2.75, 3.05) is 46.0 Å². The van der Waals surface area contributed by atoms with Crippen molar-refractivity contribution in [2.24, 2.45) is 22.9 Å². The van der Waals surface area contributed by atoms with E-state index >= 15 is 0 Å². The average molecular weight is 893 g/mol. The molecule has 2 heterocycles. The van der Waals surface area contributed by atoms with Gasteiger partial charge in [0.2, 0.25) is 12.1 Å². The quantitative estimate of drug-likeness (QED) is 0.0470. The first-order valence-corrected chi connectivity index (χ1v) is 23.5. The molecule has 0 radical (unpaired) electrons. The molecule has 12 nitrogen and oxygen atoms in total. The Morgan fingerprint density at radius 1 is 0.938 bits per heavy atom. The minimum atomic E-state index is -1.19. The van der Waals surface area contributed by atoms with Crippen molar-refractivity contribution in [1.29, 1.82) is 0 Å². The van der Waals surface area contributed by atoms with Gasteiger partial charge in [-0.2, -0.15) is 0 Å². The second-order valence-electron chi connectivity index (χ2n) is 16.9. The molecule has 4 aromatic rings. The van der Waals surface area contributed by atoms with E-state index in [1.54, 1.807) is 49.2 Å². The Labute approximate surface area is 379 Å². The zero-order chi connectivity index (χ0) is 44.5. The molecule has 3 N–H and O–H groups in total. The fraction of sp³-hybridized carbons (Fsp3) is 0.451. The first-order chi connectivity index (χ1) is 31.4. The lowest BCUT2D eigenvalue weighted by molar-refractivity contribution is -0.223. The van der Waals surface area contributed by atoms with Crippen LogP contribution in [0.2, 0.25) is 0 Å². The number of ether oxygens (including phenoxy) is 6. The van der Waals surface area contributed by atoms with E-state index in [0.717, 1.165) is 77.5 Å². The van der Waals surface area contributed by atoms with E-state index in [9.17, 15) is 15.0 Å². The summed E-state index contributed by atoms with van der Waals surface area (Å²) >= 11 is 1.72. The molecule has 2 aliphatic carbocycles. The maximum atomic E-state index is 13.6. The number of fused-ring (bicyclic) bond motifs is 3. The zero-order valence-electron chi connectivity index (χ0n) is 36.7. The van der Waals surface area contributed by atoms with Gasteiger partial charge in [0.15, 0.2) is 0 Å². The van der Waals surface area contributed by atoms with Crippen molar-refractivity contribution in [3.8, 4) is 23.0 Å². The normalized spacial score (nSPS) is 25.3.